The highest BCUT2D eigenvalue weighted by Gasteiger charge is 2.43. The summed E-state index contributed by atoms with van der Waals surface area (Å²) in [4.78, 5) is 12.5. The molecular weight excluding hydrogens is 296 g/mol. The lowest BCUT2D eigenvalue weighted by molar-refractivity contribution is 0.0294. The average molecular weight is 316 g/mol. The molecule has 1 aliphatic rings. The highest BCUT2D eigenvalue weighted by atomic mass is 16.5. The molecule has 1 fully saturated rings. The number of carbonyl (C=O) groups is 1. The second-order valence-electron chi connectivity index (χ2n) is 6.01. The van der Waals surface area contributed by atoms with Gasteiger partial charge in [0.25, 0.3) is 5.91 Å². The minimum Gasteiger partial charge on any atom is -0.390 e. The van der Waals surface area contributed by atoms with E-state index in [4.69, 9.17) is 4.52 Å². The fraction of sp³-hybridized carbons (Fsp3) is 0.412. The first-order valence-corrected chi connectivity index (χ1v) is 7.64. The van der Waals surface area contributed by atoms with Gasteiger partial charge in [-0.1, -0.05) is 35.5 Å². The molecule has 3 N–H and O–H groups in total. The van der Waals surface area contributed by atoms with Crippen LogP contribution >= 0.6 is 0 Å². The Kier molecular flexibility index (Phi) is 4.19. The van der Waals surface area contributed by atoms with Crippen LogP contribution in [0.15, 0.2) is 34.9 Å². The zero-order valence-corrected chi connectivity index (χ0v) is 13.1. The standard InChI is InChI=1S/C17H20N2O4/c1-9-14(10(2)23-19-9)17(22)18-15-12(8-13(20)16(15)21)11-6-4-3-5-7-11/h3-7,12-13,15-16,20-21H,8H2,1-2H3,(H,18,22). The number of hydrogen-bond donors (Lipinski definition) is 3. The van der Waals surface area contributed by atoms with Crippen LogP contribution in [-0.2, 0) is 0 Å². The van der Waals surface area contributed by atoms with Crippen LogP contribution in [0, 0.1) is 13.8 Å². The zero-order chi connectivity index (χ0) is 16.6. The van der Waals surface area contributed by atoms with Gasteiger partial charge in [0.15, 0.2) is 0 Å². The van der Waals surface area contributed by atoms with E-state index in [0.29, 0.717) is 23.4 Å². The quantitative estimate of drug-likeness (QED) is 0.793. The van der Waals surface area contributed by atoms with Crippen LogP contribution in [0.4, 0.5) is 0 Å². The van der Waals surface area contributed by atoms with Gasteiger partial charge >= 0.3 is 0 Å². The van der Waals surface area contributed by atoms with E-state index in [1.54, 1.807) is 13.8 Å². The molecule has 1 aromatic heterocycles. The van der Waals surface area contributed by atoms with Crippen molar-refractivity contribution in [1.29, 1.82) is 0 Å². The van der Waals surface area contributed by atoms with Gasteiger partial charge in [0.2, 0.25) is 0 Å². The Labute approximate surface area is 134 Å². The maximum atomic E-state index is 12.5. The summed E-state index contributed by atoms with van der Waals surface area (Å²) in [6, 6.07) is 9.02. The van der Waals surface area contributed by atoms with Crippen LogP contribution in [0.25, 0.3) is 0 Å². The summed E-state index contributed by atoms with van der Waals surface area (Å²) in [7, 11) is 0. The number of carbonyl (C=O) groups excluding carboxylic acids is 1. The Bertz CT molecular complexity index is 678. The topological polar surface area (TPSA) is 95.6 Å². The fourth-order valence-corrected chi connectivity index (χ4v) is 3.28. The number of rotatable bonds is 3. The van der Waals surface area contributed by atoms with E-state index in [0.717, 1.165) is 5.56 Å². The summed E-state index contributed by atoms with van der Waals surface area (Å²) in [5.41, 5.74) is 1.86. The van der Waals surface area contributed by atoms with Crippen molar-refractivity contribution in [3.63, 3.8) is 0 Å². The van der Waals surface area contributed by atoms with Gasteiger partial charge in [0, 0.05) is 5.92 Å². The molecule has 23 heavy (non-hydrogen) atoms. The molecule has 1 aliphatic carbocycles. The third-order valence-electron chi connectivity index (χ3n) is 4.48. The summed E-state index contributed by atoms with van der Waals surface area (Å²) in [6.45, 7) is 3.36. The molecule has 1 aromatic carbocycles. The van der Waals surface area contributed by atoms with Crippen molar-refractivity contribution in [3.8, 4) is 0 Å². The van der Waals surface area contributed by atoms with Gasteiger partial charge < -0.3 is 20.1 Å². The van der Waals surface area contributed by atoms with Gasteiger partial charge in [-0.15, -0.1) is 0 Å². The second-order valence-corrected chi connectivity index (χ2v) is 6.01. The van der Waals surface area contributed by atoms with E-state index in [1.807, 2.05) is 30.3 Å². The summed E-state index contributed by atoms with van der Waals surface area (Å²) in [5.74, 6) is -0.0600. The number of nitrogens with one attached hydrogen (secondary N) is 1. The molecule has 0 radical (unpaired) electrons. The van der Waals surface area contributed by atoms with Gasteiger partial charge in [-0.2, -0.15) is 0 Å². The number of hydrogen-bond acceptors (Lipinski definition) is 5. The number of aliphatic hydroxyl groups is 2. The number of benzene rings is 1. The molecule has 0 spiro atoms. The minimum atomic E-state index is -1.01. The van der Waals surface area contributed by atoms with Crippen LogP contribution in [-0.4, -0.2) is 39.5 Å². The van der Waals surface area contributed by atoms with Crippen LogP contribution in [0.3, 0.4) is 0 Å². The summed E-state index contributed by atoms with van der Waals surface area (Å²) >= 11 is 0. The molecule has 4 atom stereocenters. The molecule has 1 saturated carbocycles. The first-order valence-electron chi connectivity index (χ1n) is 7.64. The van der Waals surface area contributed by atoms with Crippen molar-refractivity contribution in [2.75, 3.05) is 0 Å². The van der Waals surface area contributed by atoms with E-state index < -0.39 is 18.2 Å². The molecule has 1 amide bonds. The summed E-state index contributed by atoms with van der Waals surface area (Å²) in [5, 5.41) is 26.9. The van der Waals surface area contributed by atoms with Gasteiger partial charge in [0.1, 0.15) is 17.4 Å². The van der Waals surface area contributed by atoms with E-state index >= 15 is 0 Å². The Morgan fingerprint density at radius 2 is 1.96 bits per heavy atom. The van der Waals surface area contributed by atoms with Crippen LogP contribution < -0.4 is 5.32 Å². The molecule has 0 bridgehead atoms. The Morgan fingerprint density at radius 3 is 2.57 bits per heavy atom. The molecule has 0 saturated heterocycles. The van der Waals surface area contributed by atoms with Gasteiger partial charge in [-0.3, -0.25) is 4.79 Å². The Hall–Kier alpha value is -2.18. The van der Waals surface area contributed by atoms with Crippen LogP contribution in [0.1, 0.15) is 39.7 Å². The highest BCUT2D eigenvalue weighted by molar-refractivity contribution is 5.96. The smallest absolute Gasteiger partial charge is 0.257 e. The molecule has 122 valence electrons. The minimum absolute atomic E-state index is 0.148. The lowest BCUT2D eigenvalue weighted by Crippen LogP contribution is -2.45. The van der Waals surface area contributed by atoms with Crippen LogP contribution in [0.2, 0.25) is 0 Å². The van der Waals surface area contributed by atoms with E-state index in [2.05, 4.69) is 10.5 Å². The van der Waals surface area contributed by atoms with Crippen LogP contribution in [0.5, 0.6) is 0 Å². The molecule has 0 aliphatic heterocycles. The normalized spacial score (nSPS) is 27.1. The molecule has 6 heteroatoms. The van der Waals surface area contributed by atoms with E-state index in [-0.39, 0.29) is 11.8 Å². The lowest BCUT2D eigenvalue weighted by Gasteiger charge is -2.23. The summed E-state index contributed by atoms with van der Waals surface area (Å²) in [6.07, 6.45) is -1.47. The Morgan fingerprint density at radius 1 is 1.26 bits per heavy atom. The maximum absolute atomic E-state index is 12.5. The van der Waals surface area contributed by atoms with Crippen molar-refractivity contribution in [3.05, 3.63) is 52.9 Å². The second kappa shape index (κ2) is 6.14. The van der Waals surface area contributed by atoms with E-state index in [1.165, 1.54) is 0 Å². The number of nitrogens with zero attached hydrogens (tertiary/aromatic N) is 1. The third kappa shape index (κ3) is 2.87. The van der Waals surface area contributed by atoms with Gasteiger partial charge in [-0.25, -0.2) is 0 Å². The average Bonchev–Trinajstić information content (AvgIpc) is 3.02. The van der Waals surface area contributed by atoms with Crippen molar-refractivity contribution in [2.24, 2.45) is 0 Å². The van der Waals surface area contributed by atoms with E-state index in [9.17, 15) is 15.0 Å². The monoisotopic (exact) mass is 316 g/mol. The predicted octanol–water partition coefficient (Wildman–Crippen LogP) is 1.30. The maximum Gasteiger partial charge on any atom is 0.257 e. The molecule has 4 unspecified atom stereocenters. The van der Waals surface area contributed by atoms with Crippen molar-refractivity contribution >= 4 is 5.91 Å². The summed E-state index contributed by atoms with van der Waals surface area (Å²) < 4.78 is 5.02. The predicted molar refractivity (Wildman–Crippen MR) is 83.0 cm³/mol. The van der Waals surface area contributed by atoms with Crippen molar-refractivity contribution in [1.82, 2.24) is 10.5 Å². The lowest BCUT2D eigenvalue weighted by atomic mass is 9.93. The molecular formula is C17H20N2O4. The molecule has 2 aromatic rings. The Balaban J connectivity index is 1.85. The van der Waals surface area contributed by atoms with Crippen molar-refractivity contribution < 1.29 is 19.5 Å². The van der Waals surface area contributed by atoms with Crippen molar-refractivity contribution in [2.45, 2.75) is 44.4 Å². The number of aliphatic hydroxyl groups excluding tert-OH is 2. The fourth-order valence-electron chi connectivity index (χ4n) is 3.28. The first kappa shape index (κ1) is 15.7. The zero-order valence-electron chi connectivity index (χ0n) is 13.1. The first-order chi connectivity index (χ1) is 11.0. The number of aromatic nitrogens is 1. The molecule has 3 rings (SSSR count). The largest absolute Gasteiger partial charge is 0.390 e. The SMILES string of the molecule is Cc1noc(C)c1C(=O)NC1C(c2ccccc2)CC(O)C1O. The molecule has 1 heterocycles. The third-order valence-corrected chi connectivity index (χ3v) is 4.48. The number of aryl methyl sites for hydroxylation is 2. The highest BCUT2D eigenvalue weighted by Crippen LogP contribution is 2.35. The van der Waals surface area contributed by atoms with Gasteiger partial charge in [-0.05, 0) is 25.8 Å². The van der Waals surface area contributed by atoms with Gasteiger partial charge in [0.05, 0.1) is 17.8 Å². The number of amides is 1. The molecule has 6 nitrogen and oxygen atoms in total.